The van der Waals surface area contributed by atoms with Gasteiger partial charge in [-0.15, -0.1) is 12.4 Å². The van der Waals surface area contributed by atoms with Crippen LogP contribution in [-0.4, -0.2) is 37.1 Å². The molecule has 2 rings (SSSR count). The normalized spacial score (nSPS) is 17.3. The van der Waals surface area contributed by atoms with Crippen LogP contribution in [0.25, 0.3) is 0 Å². The van der Waals surface area contributed by atoms with Gasteiger partial charge in [-0.05, 0) is 44.0 Å². The topological polar surface area (TPSA) is 93.5 Å². The van der Waals surface area contributed by atoms with Crippen LogP contribution in [0, 0.1) is 5.92 Å². The molecule has 4 N–H and O–H groups in total. The quantitative estimate of drug-likeness (QED) is 0.752. The van der Waals surface area contributed by atoms with E-state index in [1.54, 1.807) is 38.1 Å². The number of carbonyl (C=O) groups is 2. The molecule has 2 unspecified atom stereocenters. The summed E-state index contributed by atoms with van der Waals surface area (Å²) in [6, 6.07) is 6.83. The number of halogens is 1. The molecule has 1 aromatic carbocycles. The number of carbonyl (C=O) groups excluding carboxylic acids is 2. The van der Waals surface area contributed by atoms with Crippen LogP contribution in [0.3, 0.4) is 0 Å². The van der Waals surface area contributed by atoms with Crippen molar-refractivity contribution in [1.29, 1.82) is 0 Å². The van der Waals surface area contributed by atoms with E-state index in [0.717, 1.165) is 12.8 Å². The Kier molecular flexibility index (Phi) is 8.18. The fraction of sp³-hybridized carbons (Fsp3) is 0.529. The highest BCUT2D eigenvalue weighted by atomic mass is 35.5. The van der Waals surface area contributed by atoms with Crippen molar-refractivity contribution in [3.05, 3.63) is 29.8 Å². The van der Waals surface area contributed by atoms with Gasteiger partial charge in [0, 0.05) is 36.5 Å². The lowest BCUT2D eigenvalue weighted by Gasteiger charge is -2.23. The van der Waals surface area contributed by atoms with Crippen molar-refractivity contribution in [1.82, 2.24) is 5.32 Å². The molecule has 1 aromatic rings. The minimum Gasteiger partial charge on any atom is -0.381 e. The molecule has 7 heteroatoms. The molecule has 6 nitrogen and oxygen atoms in total. The maximum absolute atomic E-state index is 12.2. The lowest BCUT2D eigenvalue weighted by atomic mass is 10.0. The van der Waals surface area contributed by atoms with Gasteiger partial charge in [0.2, 0.25) is 5.91 Å². The van der Waals surface area contributed by atoms with Gasteiger partial charge in [0.25, 0.3) is 5.91 Å². The van der Waals surface area contributed by atoms with Crippen molar-refractivity contribution in [3.63, 3.8) is 0 Å². The number of nitrogens with one attached hydrogen (secondary N) is 2. The summed E-state index contributed by atoms with van der Waals surface area (Å²) in [6.07, 6.45) is 1.68. The summed E-state index contributed by atoms with van der Waals surface area (Å²) in [7, 11) is 0. The highest BCUT2D eigenvalue weighted by molar-refractivity contribution is 5.96. The minimum atomic E-state index is -0.272. The zero-order chi connectivity index (χ0) is 16.8. The molecule has 0 saturated carbocycles. The molecular weight excluding hydrogens is 330 g/mol. The number of rotatable bonds is 5. The predicted molar refractivity (Wildman–Crippen MR) is 96.4 cm³/mol. The van der Waals surface area contributed by atoms with Gasteiger partial charge >= 0.3 is 0 Å². The number of hydrogen-bond donors (Lipinski definition) is 3. The van der Waals surface area contributed by atoms with Crippen LogP contribution < -0.4 is 16.4 Å². The van der Waals surface area contributed by atoms with Gasteiger partial charge in [0.15, 0.2) is 0 Å². The van der Waals surface area contributed by atoms with Gasteiger partial charge in [-0.25, -0.2) is 0 Å². The van der Waals surface area contributed by atoms with Gasteiger partial charge < -0.3 is 21.1 Å². The first-order valence-electron chi connectivity index (χ1n) is 8.02. The number of anilines is 1. The summed E-state index contributed by atoms with van der Waals surface area (Å²) in [5, 5.41) is 5.81. The van der Waals surface area contributed by atoms with Crippen molar-refractivity contribution in [2.24, 2.45) is 11.7 Å². The summed E-state index contributed by atoms with van der Waals surface area (Å²) in [6.45, 7) is 4.96. The van der Waals surface area contributed by atoms with E-state index in [-0.39, 0.29) is 42.2 Å². The first kappa shape index (κ1) is 20.4. The van der Waals surface area contributed by atoms with E-state index in [2.05, 4.69) is 10.6 Å². The average Bonchev–Trinajstić information content (AvgIpc) is 2.55. The van der Waals surface area contributed by atoms with Crippen molar-refractivity contribution in [3.8, 4) is 0 Å². The summed E-state index contributed by atoms with van der Waals surface area (Å²) < 4.78 is 5.28. The smallest absolute Gasteiger partial charge is 0.251 e. The molecule has 0 spiro atoms. The number of benzene rings is 1. The molecule has 24 heavy (non-hydrogen) atoms. The van der Waals surface area contributed by atoms with Gasteiger partial charge in [0.1, 0.15) is 0 Å². The van der Waals surface area contributed by atoms with E-state index in [1.165, 1.54) is 0 Å². The largest absolute Gasteiger partial charge is 0.381 e. The zero-order valence-electron chi connectivity index (χ0n) is 14.1. The van der Waals surface area contributed by atoms with Crippen molar-refractivity contribution >= 4 is 29.9 Å². The Bertz CT molecular complexity index is 543. The Morgan fingerprint density at radius 2 is 1.75 bits per heavy atom. The summed E-state index contributed by atoms with van der Waals surface area (Å²) in [5.74, 6) is -0.496. The Labute approximate surface area is 148 Å². The van der Waals surface area contributed by atoms with Crippen LogP contribution >= 0.6 is 12.4 Å². The van der Waals surface area contributed by atoms with Crippen molar-refractivity contribution in [2.75, 3.05) is 18.5 Å². The summed E-state index contributed by atoms with van der Waals surface area (Å²) >= 11 is 0. The fourth-order valence-electron chi connectivity index (χ4n) is 2.31. The van der Waals surface area contributed by atoms with Crippen LogP contribution in [0.1, 0.15) is 37.0 Å². The molecule has 1 aliphatic heterocycles. The highest BCUT2D eigenvalue weighted by Gasteiger charge is 2.18. The van der Waals surface area contributed by atoms with Crippen LogP contribution in [0.15, 0.2) is 24.3 Å². The lowest BCUT2D eigenvalue weighted by molar-refractivity contribution is -0.119. The minimum absolute atomic E-state index is 0. The molecular formula is C17H26ClN3O3. The second kappa shape index (κ2) is 9.61. The molecule has 1 saturated heterocycles. The second-order valence-electron chi connectivity index (χ2n) is 6.07. The summed E-state index contributed by atoms with van der Waals surface area (Å²) in [5.41, 5.74) is 6.96. The van der Waals surface area contributed by atoms with Crippen LogP contribution in [0.4, 0.5) is 5.69 Å². The van der Waals surface area contributed by atoms with Gasteiger partial charge in [-0.1, -0.05) is 6.92 Å². The third-order valence-electron chi connectivity index (χ3n) is 4.17. The number of hydrogen-bond acceptors (Lipinski definition) is 4. The van der Waals surface area contributed by atoms with Gasteiger partial charge in [-0.3, -0.25) is 9.59 Å². The Morgan fingerprint density at radius 3 is 2.29 bits per heavy atom. The molecule has 1 fully saturated rings. The van der Waals surface area contributed by atoms with Crippen molar-refractivity contribution in [2.45, 2.75) is 38.8 Å². The van der Waals surface area contributed by atoms with E-state index >= 15 is 0 Å². The molecule has 0 bridgehead atoms. The number of ether oxygens (including phenoxy) is 1. The third kappa shape index (κ3) is 5.78. The van der Waals surface area contributed by atoms with E-state index in [0.29, 0.717) is 24.5 Å². The van der Waals surface area contributed by atoms with Crippen molar-refractivity contribution < 1.29 is 14.3 Å². The lowest BCUT2D eigenvalue weighted by Crippen LogP contribution is -2.38. The van der Waals surface area contributed by atoms with Gasteiger partial charge in [0.05, 0.1) is 5.92 Å². The van der Waals surface area contributed by atoms with Crippen LogP contribution in [-0.2, 0) is 9.53 Å². The maximum atomic E-state index is 12.2. The molecule has 0 aliphatic carbocycles. The molecule has 0 radical (unpaired) electrons. The Hall–Kier alpha value is -1.63. The third-order valence-corrected chi connectivity index (χ3v) is 4.17. The Morgan fingerprint density at radius 1 is 1.17 bits per heavy atom. The Balaban J connectivity index is 0.00000288. The predicted octanol–water partition coefficient (Wildman–Crippen LogP) is 1.94. The van der Waals surface area contributed by atoms with E-state index < -0.39 is 0 Å². The molecule has 2 amide bonds. The van der Waals surface area contributed by atoms with Crippen LogP contribution in [0.2, 0.25) is 0 Å². The number of nitrogens with two attached hydrogens (primary N) is 1. The first-order chi connectivity index (χ1) is 11.0. The SMILES string of the molecule is CC(N)C(C)C(=O)Nc1ccc(C(=O)NC2CCOCC2)cc1.Cl. The number of amides is 2. The van der Waals surface area contributed by atoms with Crippen LogP contribution in [0.5, 0.6) is 0 Å². The zero-order valence-corrected chi connectivity index (χ0v) is 14.9. The molecule has 2 atom stereocenters. The van der Waals surface area contributed by atoms with E-state index in [4.69, 9.17) is 10.5 Å². The standard InChI is InChI=1S/C17H25N3O3.ClH/c1-11(12(2)18)16(21)19-14-5-3-13(4-6-14)17(22)20-15-7-9-23-10-8-15;/h3-6,11-12,15H,7-10,18H2,1-2H3,(H,19,21)(H,20,22);1H. The first-order valence-corrected chi connectivity index (χ1v) is 8.02. The molecule has 0 aromatic heterocycles. The molecule has 1 aliphatic rings. The van der Waals surface area contributed by atoms with Gasteiger partial charge in [-0.2, -0.15) is 0 Å². The molecule has 134 valence electrons. The molecule has 1 heterocycles. The van der Waals surface area contributed by atoms with E-state index in [1.807, 2.05) is 0 Å². The second-order valence-corrected chi connectivity index (χ2v) is 6.07. The van der Waals surface area contributed by atoms with E-state index in [9.17, 15) is 9.59 Å². The highest BCUT2D eigenvalue weighted by Crippen LogP contribution is 2.13. The summed E-state index contributed by atoms with van der Waals surface area (Å²) in [4.78, 5) is 24.1. The fourth-order valence-corrected chi connectivity index (χ4v) is 2.31. The average molecular weight is 356 g/mol. The monoisotopic (exact) mass is 355 g/mol. The maximum Gasteiger partial charge on any atom is 0.251 e.